The van der Waals surface area contributed by atoms with Crippen LogP contribution >= 0.6 is 0 Å². The fourth-order valence-electron chi connectivity index (χ4n) is 4.37. The highest BCUT2D eigenvalue weighted by atomic mass is 16.5. The molecule has 33 heavy (non-hydrogen) atoms. The van der Waals surface area contributed by atoms with Crippen molar-refractivity contribution in [1.82, 2.24) is 14.5 Å². The smallest absolute Gasteiger partial charge is 0.242 e. The molecule has 7 nitrogen and oxygen atoms in total. The van der Waals surface area contributed by atoms with Gasteiger partial charge in [0.15, 0.2) is 0 Å². The predicted molar refractivity (Wildman–Crippen MR) is 130 cm³/mol. The Morgan fingerprint density at radius 2 is 1.91 bits per heavy atom. The van der Waals surface area contributed by atoms with E-state index in [1.165, 1.54) is 0 Å². The van der Waals surface area contributed by atoms with Crippen LogP contribution in [0.2, 0.25) is 0 Å². The van der Waals surface area contributed by atoms with Crippen molar-refractivity contribution in [2.45, 2.75) is 45.6 Å². The van der Waals surface area contributed by atoms with Crippen LogP contribution in [0.1, 0.15) is 44.9 Å². The Labute approximate surface area is 195 Å². The van der Waals surface area contributed by atoms with Crippen LogP contribution in [0.3, 0.4) is 0 Å². The van der Waals surface area contributed by atoms with Crippen molar-refractivity contribution in [3.63, 3.8) is 0 Å². The number of likely N-dealkylation sites (N-methyl/N-ethyl adjacent to an activating group) is 1. The summed E-state index contributed by atoms with van der Waals surface area (Å²) in [6.07, 6.45) is 2.40. The van der Waals surface area contributed by atoms with Crippen molar-refractivity contribution >= 4 is 28.5 Å². The molecule has 1 aliphatic heterocycles. The third-order valence-corrected chi connectivity index (χ3v) is 6.20. The van der Waals surface area contributed by atoms with Crippen molar-refractivity contribution in [1.29, 1.82) is 0 Å². The highest BCUT2D eigenvalue weighted by Crippen LogP contribution is 2.34. The second-order valence-corrected chi connectivity index (χ2v) is 8.55. The molecule has 0 saturated carbocycles. The highest BCUT2D eigenvalue weighted by molar-refractivity contribution is 5.96. The van der Waals surface area contributed by atoms with E-state index in [0.717, 1.165) is 47.7 Å². The van der Waals surface area contributed by atoms with Gasteiger partial charge in [-0.2, -0.15) is 0 Å². The first-order valence-corrected chi connectivity index (χ1v) is 11.7. The summed E-state index contributed by atoms with van der Waals surface area (Å²) < 4.78 is 7.52. The Balaban J connectivity index is 1.59. The molecule has 3 aromatic rings. The summed E-state index contributed by atoms with van der Waals surface area (Å²) in [6, 6.07) is 15.5. The molecular weight excluding hydrogens is 416 g/mol. The summed E-state index contributed by atoms with van der Waals surface area (Å²) in [4.78, 5) is 34.3. The van der Waals surface area contributed by atoms with Crippen molar-refractivity contribution in [2.75, 3.05) is 31.6 Å². The lowest BCUT2D eigenvalue weighted by atomic mass is 10.1. The zero-order valence-electron chi connectivity index (χ0n) is 19.7. The molecule has 0 aliphatic carbocycles. The van der Waals surface area contributed by atoms with E-state index >= 15 is 0 Å². The fourth-order valence-corrected chi connectivity index (χ4v) is 4.37. The third kappa shape index (κ3) is 4.87. The minimum atomic E-state index is -0.0785. The number of benzene rings is 2. The molecule has 1 fully saturated rings. The van der Waals surface area contributed by atoms with Gasteiger partial charge in [0, 0.05) is 38.2 Å². The number of anilines is 1. The predicted octanol–water partition coefficient (Wildman–Crippen LogP) is 4.21. The Morgan fingerprint density at radius 1 is 1.15 bits per heavy atom. The van der Waals surface area contributed by atoms with Crippen molar-refractivity contribution in [3.05, 3.63) is 54.4 Å². The van der Waals surface area contributed by atoms with Crippen LogP contribution in [0.15, 0.2) is 48.5 Å². The maximum absolute atomic E-state index is 13.0. The Bertz CT molecular complexity index is 1120. The lowest BCUT2D eigenvalue weighted by Crippen LogP contribution is -2.32. The number of ether oxygens (including phenoxy) is 1. The summed E-state index contributed by atoms with van der Waals surface area (Å²) in [5.74, 6) is 1.63. The summed E-state index contributed by atoms with van der Waals surface area (Å²) in [5, 5.41) is 0. The van der Waals surface area contributed by atoms with E-state index in [1.54, 1.807) is 9.80 Å². The standard InChI is InChI=1S/C26H32N4O3/c1-4-6-15-28(3)25(32)18-30-23-10-8-7-9-22(23)27-26(30)19-16-24(31)29(17-19)20-11-13-21(14-12-20)33-5-2/h7-14,19H,4-6,15-18H2,1-3H3. The van der Waals surface area contributed by atoms with E-state index in [4.69, 9.17) is 9.72 Å². The first kappa shape index (κ1) is 22.8. The van der Waals surface area contributed by atoms with Crippen molar-refractivity contribution in [3.8, 4) is 5.75 Å². The molecule has 2 amide bonds. The topological polar surface area (TPSA) is 67.7 Å². The van der Waals surface area contributed by atoms with Gasteiger partial charge in [-0.05, 0) is 49.7 Å². The number of carbonyl (C=O) groups excluding carboxylic acids is 2. The average molecular weight is 449 g/mol. The van der Waals surface area contributed by atoms with Crippen LogP contribution < -0.4 is 9.64 Å². The Morgan fingerprint density at radius 3 is 2.64 bits per heavy atom. The zero-order chi connectivity index (χ0) is 23.4. The molecule has 2 aromatic carbocycles. The van der Waals surface area contributed by atoms with Crippen molar-refractivity contribution in [2.24, 2.45) is 0 Å². The molecule has 0 spiro atoms. The molecule has 174 valence electrons. The number of hydrogen-bond donors (Lipinski definition) is 0. The van der Waals surface area contributed by atoms with E-state index in [-0.39, 0.29) is 24.3 Å². The molecule has 1 aromatic heterocycles. The number of unbranched alkanes of at least 4 members (excludes halogenated alkanes) is 1. The van der Waals surface area contributed by atoms with E-state index in [2.05, 4.69) is 6.92 Å². The minimum Gasteiger partial charge on any atom is -0.494 e. The SMILES string of the molecule is CCCCN(C)C(=O)Cn1c(C2CC(=O)N(c3ccc(OCC)cc3)C2)nc2ccccc21. The van der Waals surface area contributed by atoms with Gasteiger partial charge in [0.05, 0.1) is 17.6 Å². The Kier molecular flexibility index (Phi) is 6.96. The van der Waals surface area contributed by atoms with Gasteiger partial charge in [0.2, 0.25) is 11.8 Å². The van der Waals surface area contributed by atoms with Crippen molar-refractivity contribution < 1.29 is 14.3 Å². The maximum Gasteiger partial charge on any atom is 0.242 e. The molecule has 7 heteroatoms. The zero-order valence-corrected chi connectivity index (χ0v) is 19.7. The van der Waals surface area contributed by atoms with Crippen LogP contribution in [0, 0.1) is 0 Å². The molecule has 0 N–H and O–H groups in total. The van der Waals surface area contributed by atoms with Crippen LogP contribution in [0.4, 0.5) is 5.69 Å². The number of rotatable bonds is 9. The second kappa shape index (κ2) is 10.1. The molecular formula is C26H32N4O3. The molecule has 4 rings (SSSR count). The summed E-state index contributed by atoms with van der Waals surface area (Å²) >= 11 is 0. The van der Waals surface area contributed by atoms with Gasteiger partial charge in [-0.25, -0.2) is 4.98 Å². The first-order valence-electron chi connectivity index (χ1n) is 11.7. The number of fused-ring (bicyclic) bond motifs is 1. The maximum atomic E-state index is 13.0. The van der Waals surface area contributed by atoms with Gasteiger partial charge in [-0.15, -0.1) is 0 Å². The number of aromatic nitrogens is 2. The highest BCUT2D eigenvalue weighted by Gasteiger charge is 2.35. The van der Waals surface area contributed by atoms with Gasteiger partial charge in [-0.1, -0.05) is 25.5 Å². The first-order chi connectivity index (χ1) is 16.0. The quantitative estimate of drug-likeness (QED) is 0.492. The van der Waals surface area contributed by atoms with E-state index in [1.807, 2.05) is 67.1 Å². The summed E-state index contributed by atoms with van der Waals surface area (Å²) in [5.41, 5.74) is 2.63. The van der Waals surface area contributed by atoms with Gasteiger partial charge in [0.25, 0.3) is 0 Å². The van der Waals surface area contributed by atoms with Gasteiger partial charge in [0.1, 0.15) is 18.1 Å². The number of hydrogen-bond acceptors (Lipinski definition) is 4. The number of para-hydroxylation sites is 2. The Hall–Kier alpha value is -3.35. The van der Waals surface area contributed by atoms with Crippen LogP contribution in [-0.2, 0) is 16.1 Å². The number of nitrogens with zero attached hydrogens (tertiary/aromatic N) is 4. The average Bonchev–Trinajstić information content (AvgIpc) is 3.38. The molecule has 1 aliphatic rings. The monoisotopic (exact) mass is 448 g/mol. The lowest BCUT2D eigenvalue weighted by Gasteiger charge is -2.20. The van der Waals surface area contributed by atoms with Crippen LogP contribution in [0.25, 0.3) is 11.0 Å². The lowest BCUT2D eigenvalue weighted by molar-refractivity contribution is -0.130. The van der Waals surface area contributed by atoms with Gasteiger partial charge in [-0.3, -0.25) is 9.59 Å². The molecule has 1 saturated heterocycles. The third-order valence-electron chi connectivity index (χ3n) is 6.20. The normalized spacial score (nSPS) is 15.9. The van der Waals surface area contributed by atoms with Crippen LogP contribution in [0.5, 0.6) is 5.75 Å². The van der Waals surface area contributed by atoms with E-state index in [0.29, 0.717) is 19.6 Å². The number of carbonyl (C=O) groups is 2. The second-order valence-electron chi connectivity index (χ2n) is 8.55. The van der Waals surface area contributed by atoms with E-state index in [9.17, 15) is 9.59 Å². The van der Waals surface area contributed by atoms with Crippen LogP contribution in [-0.4, -0.2) is 53.0 Å². The van der Waals surface area contributed by atoms with Gasteiger partial charge >= 0.3 is 0 Å². The molecule has 1 unspecified atom stereocenters. The summed E-state index contributed by atoms with van der Waals surface area (Å²) in [6.45, 7) is 6.17. The molecule has 2 heterocycles. The largest absolute Gasteiger partial charge is 0.494 e. The summed E-state index contributed by atoms with van der Waals surface area (Å²) in [7, 11) is 1.85. The fraction of sp³-hybridized carbons (Fsp3) is 0.423. The molecule has 1 atom stereocenters. The van der Waals surface area contributed by atoms with E-state index < -0.39 is 0 Å². The molecule has 0 radical (unpaired) electrons. The number of amides is 2. The molecule has 0 bridgehead atoms. The minimum absolute atomic E-state index is 0.0561. The number of imidazole rings is 1. The van der Waals surface area contributed by atoms with Gasteiger partial charge < -0.3 is 19.1 Å².